The second-order valence-corrected chi connectivity index (χ2v) is 12.3. The maximum atomic E-state index is 12.7. The Bertz CT molecular complexity index is 1120. The van der Waals surface area contributed by atoms with E-state index in [0.29, 0.717) is 34.5 Å². The van der Waals surface area contributed by atoms with Crippen LogP contribution in [0.15, 0.2) is 24.3 Å². The van der Waals surface area contributed by atoms with Crippen LogP contribution in [0.1, 0.15) is 85.6 Å². The molecule has 0 aliphatic heterocycles. The highest BCUT2D eigenvalue weighted by Crippen LogP contribution is 2.67. The molecule has 0 bridgehead atoms. The van der Waals surface area contributed by atoms with E-state index in [-0.39, 0.29) is 5.41 Å². The summed E-state index contributed by atoms with van der Waals surface area (Å²) in [6.45, 7) is 4.80. The second-order valence-electron chi connectivity index (χ2n) is 11.3. The van der Waals surface area contributed by atoms with Crippen molar-refractivity contribution in [3.05, 3.63) is 40.4 Å². The molecule has 2 N–H and O–H groups in total. The molecule has 33 heavy (non-hydrogen) atoms. The van der Waals surface area contributed by atoms with Crippen molar-refractivity contribution >= 4 is 33.9 Å². The van der Waals surface area contributed by atoms with Crippen LogP contribution in [0.2, 0.25) is 0 Å². The number of hydrogen-bond donors (Lipinski definition) is 2. The van der Waals surface area contributed by atoms with Crippen LogP contribution in [0, 0.1) is 28.6 Å². The molecule has 1 aromatic heterocycles. The third-order valence-corrected chi connectivity index (χ3v) is 11.0. The Kier molecular flexibility index (Phi) is 4.78. The maximum Gasteiger partial charge on any atom is 0.335 e. The fraction of sp³-hybridized carbons (Fsp3) is 0.593. The highest BCUT2D eigenvalue weighted by molar-refractivity contribution is 7.15. The number of aromatic carboxylic acids is 1. The van der Waals surface area contributed by atoms with E-state index in [0.717, 1.165) is 42.4 Å². The Morgan fingerprint density at radius 3 is 2.61 bits per heavy atom. The molecular formula is C27H32N2O3S. The van der Waals surface area contributed by atoms with Gasteiger partial charge in [-0.15, -0.1) is 11.3 Å². The predicted molar refractivity (Wildman–Crippen MR) is 129 cm³/mol. The lowest BCUT2D eigenvalue weighted by molar-refractivity contribution is -0.134. The lowest BCUT2D eigenvalue weighted by atomic mass is 9.46. The number of thiazole rings is 1. The van der Waals surface area contributed by atoms with Gasteiger partial charge in [0.2, 0.25) is 0 Å². The van der Waals surface area contributed by atoms with Crippen molar-refractivity contribution in [3.63, 3.8) is 0 Å². The number of Topliss-reactive ketones (excluding diaryl/α,β-unsaturated/α-hetero) is 1. The SMILES string of the molecule is C[C@]12CCc3nc(Nc4ccc(C(=O)O)cc4)sc3C1CC[C@@H]1[C@@H]2CC[C@]2(C)C(=O)CC[C@@H]12. The molecule has 0 radical (unpaired) electrons. The molecule has 3 fully saturated rings. The zero-order valence-corrected chi connectivity index (χ0v) is 20.2. The summed E-state index contributed by atoms with van der Waals surface area (Å²) in [4.78, 5) is 30.2. The number of carbonyl (C=O) groups excluding carboxylic acids is 1. The van der Waals surface area contributed by atoms with Gasteiger partial charge < -0.3 is 10.4 Å². The Morgan fingerprint density at radius 1 is 1.06 bits per heavy atom. The molecule has 0 amide bonds. The van der Waals surface area contributed by atoms with Crippen LogP contribution < -0.4 is 5.32 Å². The Labute approximate surface area is 199 Å². The van der Waals surface area contributed by atoms with E-state index >= 15 is 0 Å². The Hall–Kier alpha value is -2.21. The molecule has 2 aromatic rings. The fourth-order valence-corrected chi connectivity index (χ4v) is 9.42. The van der Waals surface area contributed by atoms with E-state index in [2.05, 4.69) is 19.2 Å². The minimum Gasteiger partial charge on any atom is -0.478 e. The van der Waals surface area contributed by atoms with Crippen LogP contribution in [0.4, 0.5) is 10.8 Å². The molecule has 1 aromatic carbocycles. The number of carboxylic acids is 1. The van der Waals surface area contributed by atoms with Crippen molar-refractivity contribution in [2.24, 2.45) is 28.6 Å². The van der Waals surface area contributed by atoms with E-state index in [4.69, 9.17) is 10.1 Å². The van der Waals surface area contributed by atoms with Gasteiger partial charge in [0, 0.05) is 28.3 Å². The largest absolute Gasteiger partial charge is 0.478 e. The minimum absolute atomic E-state index is 0.0536. The molecule has 1 unspecified atom stereocenters. The predicted octanol–water partition coefficient (Wildman–Crippen LogP) is 6.43. The molecule has 4 aliphatic rings. The zero-order chi connectivity index (χ0) is 23.0. The second kappa shape index (κ2) is 7.39. The summed E-state index contributed by atoms with van der Waals surface area (Å²) < 4.78 is 0. The number of fused-ring (bicyclic) bond motifs is 7. The molecule has 4 aliphatic carbocycles. The van der Waals surface area contributed by atoms with E-state index < -0.39 is 5.97 Å². The summed E-state index contributed by atoms with van der Waals surface area (Å²) in [5, 5.41) is 13.4. The lowest BCUT2D eigenvalue weighted by Gasteiger charge is -2.59. The molecular weight excluding hydrogens is 432 g/mol. The van der Waals surface area contributed by atoms with Gasteiger partial charge >= 0.3 is 5.97 Å². The van der Waals surface area contributed by atoms with Crippen molar-refractivity contribution in [1.82, 2.24) is 4.98 Å². The van der Waals surface area contributed by atoms with Crippen molar-refractivity contribution in [2.75, 3.05) is 5.32 Å². The van der Waals surface area contributed by atoms with Gasteiger partial charge in [-0.3, -0.25) is 4.79 Å². The summed E-state index contributed by atoms with van der Waals surface area (Å²) in [6.07, 6.45) is 8.86. The first-order chi connectivity index (χ1) is 15.8. The van der Waals surface area contributed by atoms with Crippen molar-refractivity contribution in [1.29, 1.82) is 0 Å². The van der Waals surface area contributed by atoms with Crippen LogP contribution in [-0.4, -0.2) is 21.8 Å². The van der Waals surface area contributed by atoms with Gasteiger partial charge in [0.05, 0.1) is 11.3 Å². The maximum absolute atomic E-state index is 12.7. The van der Waals surface area contributed by atoms with Crippen molar-refractivity contribution < 1.29 is 14.7 Å². The van der Waals surface area contributed by atoms with Gasteiger partial charge in [-0.2, -0.15) is 0 Å². The van der Waals surface area contributed by atoms with E-state index in [1.54, 1.807) is 35.6 Å². The highest BCUT2D eigenvalue weighted by atomic mass is 32.1. The van der Waals surface area contributed by atoms with E-state index in [1.807, 2.05) is 0 Å². The van der Waals surface area contributed by atoms with Gasteiger partial charge in [-0.1, -0.05) is 13.8 Å². The number of rotatable bonds is 3. The summed E-state index contributed by atoms with van der Waals surface area (Å²) in [6, 6.07) is 6.87. The minimum atomic E-state index is -0.911. The number of benzene rings is 1. The molecule has 5 nitrogen and oxygen atoms in total. The first-order valence-electron chi connectivity index (χ1n) is 12.4. The Morgan fingerprint density at radius 2 is 1.85 bits per heavy atom. The van der Waals surface area contributed by atoms with Crippen LogP contribution in [0.3, 0.4) is 0 Å². The monoisotopic (exact) mass is 464 g/mol. The number of aromatic nitrogens is 1. The molecule has 3 saturated carbocycles. The van der Waals surface area contributed by atoms with E-state index in [9.17, 15) is 9.59 Å². The molecule has 0 saturated heterocycles. The normalized spacial score (nSPS) is 37.0. The molecule has 6 rings (SSSR count). The quantitative estimate of drug-likeness (QED) is 0.547. The Balaban J connectivity index is 1.25. The zero-order valence-electron chi connectivity index (χ0n) is 19.4. The molecule has 0 spiro atoms. The fourth-order valence-electron chi connectivity index (χ4n) is 8.09. The third kappa shape index (κ3) is 3.13. The summed E-state index contributed by atoms with van der Waals surface area (Å²) in [7, 11) is 0. The van der Waals surface area contributed by atoms with Gasteiger partial charge in [0.25, 0.3) is 0 Å². The van der Waals surface area contributed by atoms with Gasteiger partial charge in [0.15, 0.2) is 5.13 Å². The molecule has 174 valence electrons. The van der Waals surface area contributed by atoms with Crippen LogP contribution in [-0.2, 0) is 11.2 Å². The molecule has 1 heterocycles. The summed E-state index contributed by atoms with van der Waals surface area (Å²) >= 11 is 1.79. The van der Waals surface area contributed by atoms with Gasteiger partial charge in [0.1, 0.15) is 5.78 Å². The highest BCUT2D eigenvalue weighted by Gasteiger charge is 2.60. The van der Waals surface area contributed by atoms with Crippen LogP contribution in [0.25, 0.3) is 0 Å². The molecule has 6 heteroatoms. The smallest absolute Gasteiger partial charge is 0.335 e. The average molecular weight is 465 g/mol. The number of carboxylic acid groups (broad SMARTS) is 1. The lowest BCUT2D eigenvalue weighted by Crippen LogP contribution is -2.52. The first-order valence-corrected chi connectivity index (χ1v) is 13.2. The van der Waals surface area contributed by atoms with Crippen LogP contribution in [0.5, 0.6) is 0 Å². The number of carbonyl (C=O) groups is 2. The van der Waals surface area contributed by atoms with Gasteiger partial charge in [-0.25, -0.2) is 9.78 Å². The van der Waals surface area contributed by atoms with Crippen molar-refractivity contribution in [2.45, 2.75) is 71.1 Å². The number of aryl methyl sites for hydroxylation is 1. The topological polar surface area (TPSA) is 79.3 Å². The standard InChI is InChI=1S/C27H32N2O3S/c1-26-14-12-21-23(33-25(29-21)28-16-5-3-15(4-6-16)24(31)32)20(26)8-7-17-18-9-10-22(30)27(18,2)13-11-19(17)26/h3-6,17-20H,7-14H2,1-2H3,(H,28,29)(H,31,32)/t17-,18-,19-,20?,26+,27-/m0/s1. The van der Waals surface area contributed by atoms with Crippen LogP contribution >= 0.6 is 11.3 Å². The summed E-state index contributed by atoms with van der Waals surface area (Å²) in [5.41, 5.74) is 2.66. The van der Waals surface area contributed by atoms with Crippen molar-refractivity contribution in [3.8, 4) is 0 Å². The van der Waals surface area contributed by atoms with Gasteiger partial charge in [-0.05, 0) is 92.4 Å². The average Bonchev–Trinajstić information content (AvgIpc) is 3.34. The number of nitrogens with zero attached hydrogens (tertiary/aromatic N) is 1. The summed E-state index contributed by atoms with van der Waals surface area (Å²) in [5.74, 6) is 2.19. The number of ketones is 1. The molecule has 6 atom stereocenters. The number of hydrogen-bond acceptors (Lipinski definition) is 5. The number of anilines is 2. The third-order valence-electron chi connectivity index (χ3n) is 9.91. The first kappa shape index (κ1) is 21.3. The van der Waals surface area contributed by atoms with E-state index in [1.165, 1.54) is 36.3 Å². The number of nitrogens with one attached hydrogen (secondary N) is 1.